The normalized spacial score (nSPS) is 29.0. The molecule has 1 nitrogen and oxygen atoms in total. The van der Waals surface area contributed by atoms with Crippen LogP contribution in [0.15, 0.2) is 54.6 Å². The lowest BCUT2D eigenvalue weighted by Gasteiger charge is -2.32. The van der Waals surface area contributed by atoms with Crippen molar-refractivity contribution in [3.63, 3.8) is 0 Å². The lowest BCUT2D eigenvalue weighted by molar-refractivity contribution is 0.0135. The summed E-state index contributed by atoms with van der Waals surface area (Å²) in [5.74, 6) is 0.173. The molecule has 0 aromatic heterocycles. The Kier molecular flexibility index (Phi) is 5.34. The van der Waals surface area contributed by atoms with E-state index in [1.165, 1.54) is 30.4 Å². The first kappa shape index (κ1) is 18.2. The molecule has 3 atom stereocenters. The summed E-state index contributed by atoms with van der Waals surface area (Å²) < 4.78 is 0. The van der Waals surface area contributed by atoms with Gasteiger partial charge >= 0.3 is 0 Å². The van der Waals surface area contributed by atoms with E-state index < -0.39 is 5.60 Å². The standard InChI is InChI=1S/C24H32O/c1-4-6-16-23(5-2)17-22(20-14-12-19(3)13-15-20)24(25,18-23)21-10-8-7-9-11-21/h7-15,22,25H,4-6,16-18H2,1-3H3/t22-,23-,24-/m0/s1. The van der Waals surface area contributed by atoms with Crippen molar-refractivity contribution >= 4 is 0 Å². The van der Waals surface area contributed by atoms with Gasteiger partial charge in [0.15, 0.2) is 0 Å². The Hall–Kier alpha value is -1.60. The van der Waals surface area contributed by atoms with Crippen LogP contribution >= 0.6 is 0 Å². The number of hydrogen-bond acceptors (Lipinski definition) is 1. The summed E-state index contributed by atoms with van der Waals surface area (Å²) in [6.45, 7) is 6.69. The monoisotopic (exact) mass is 336 g/mol. The van der Waals surface area contributed by atoms with Crippen LogP contribution in [0, 0.1) is 12.3 Å². The van der Waals surface area contributed by atoms with E-state index in [0.29, 0.717) is 0 Å². The van der Waals surface area contributed by atoms with Crippen LogP contribution in [0.2, 0.25) is 0 Å². The highest BCUT2D eigenvalue weighted by atomic mass is 16.3. The molecule has 3 rings (SSSR count). The predicted octanol–water partition coefficient (Wildman–Crippen LogP) is 6.35. The molecule has 0 spiro atoms. The fraction of sp³-hybridized carbons (Fsp3) is 0.500. The number of hydrogen-bond donors (Lipinski definition) is 1. The molecular weight excluding hydrogens is 304 g/mol. The van der Waals surface area contributed by atoms with Gasteiger partial charge in [0.1, 0.15) is 0 Å². The molecule has 2 aromatic rings. The van der Waals surface area contributed by atoms with Gasteiger partial charge in [-0.2, -0.15) is 0 Å². The summed E-state index contributed by atoms with van der Waals surface area (Å²) in [4.78, 5) is 0. The van der Waals surface area contributed by atoms with Crippen molar-refractivity contribution in [2.45, 2.75) is 70.8 Å². The molecule has 1 aliphatic carbocycles. The predicted molar refractivity (Wildman–Crippen MR) is 106 cm³/mol. The van der Waals surface area contributed by atoms with Crippen molar-refractivity contribution in [3.8, 4) is 0 Å². The molecule has 1 aliphatic rings. The van der Waals surface area contributed by atoms with E-state index in [9.17, 15) is 5.11 Å². The van der Waals surface area contributed by atoms with Gasteiger partial charge in [0, 0.05) is 5.92 Å². The number of aliphatic hydroxyl groups is 1. The average Bonchev–Trinajstić information content (AvgIpc) is 2.96. The summed E-state index contributed by atoms with van der Waals surface area (Å²) in [6, 6.07) is 19.2. The second-order valence-electron chi connectivity index (χ2n) is 8.09. The van der Waals surface area contributed by atoms with E-state index in [1.54, 1.807) is 0 Å². The molecule has 0 radical (unpaired) electrons. The third-order valence-electron chi connectivity index (χ3n) is 6.42. The van der Waals surface area contributed by atoms with Gasteiger partial charge in [-0.3, -0.25) is 0 Å². The molecule has 134 valence electrons. The first-order valence-corrected chi connectivity index (χ1v) is 9.87. The van der Waals surface area contributed by atoms with Crippen LogP contribution in [0.4, 0.5) is 0 Å². The molecule has 25 heavy (non-hydrogen) atoms. The third kappa shape index (κ3) is 3.53. The molecule has 0 heterocycles. The number of aryl methyl sites for hydroxylation is 1. The molecule has 0 aliphatic heterocycles. The van der Waals surface area contributed by atoms with Crippen molar-refractivity contribution < 1.29 is 5.11 Å². The third-order valence-corrected chi connectivity index (χ3v) is 6.42. The zero-order chi connectivity index (χ0) is 17.9. The minimum Gasteiger partial charge on any atom is -0.385 e. The van der Waals surface area contributed by atoms with E-state index in [-0.39, 0.29) is 11.3 Å². The van der Waals surface area contributed by atoms with Crippen molar-refractivity contribution in [3.05, 3.63) is 71.3 Å². The van der Waals surface area contributed by atoms with E-state index in [1.807, 2.05) is 6.07 Å². The molecule has 1 heteroatoms. The van der Waals surface area contributed by atoms with Crippen molar-refractivity contribution in [2.24, 2.45) is 5.41 Å². The molecule has 0 bridgehead atoms. The zero-order valence-corrected chi connectivity index (χ0v) is 16.0. The van der Waals surface area contributed by atoms with E-state index in [4.69, 9.17) is 0 Å². The maximum atomic E-state index is 11.9. The summed E-state index contributed by atoms with van der Waals surface area (Å²) in [5.41, 5.74) is 3.12. The van der Waals surface area contributed by atoms with Gasteiger partial charge in [0.2, 0.25) is 0 Å². The lowest BCUT2D eigenvalue weighted by atomic mass is 9.76. The Morgan fingerprint density at radius 1 is 1.00 bits per heavy atom. The highest BCUT2D eigenvalue weighted by molar-refractivity contribution is 5.35. The van der Waals surface area contributed by atoms with Gasteiger partial charge in [-0.15, -0.1) is 0 Å². The van der Waals surface area contributed by atoms with Gasteiger partial charge in [-0.05, 0) is 42.7 Å². The SMILES string of the molecule is CCCC[C@@]1(CC)C[C@@H](c2ccc(C)cc2)[C@@](O)(c2ccccc2)C1. The molecular formula is C24H32O. The van der Waals surface area contributed by atoms with Crippen LogP contribution in [-0.4, -0.2) is 5.11 Å². The Morgan fingerprint density at radius 2 is 1.68 bits per heavy atom. The van der Waals surface area contributed by atoms with Gasteiger partial charge < -0.3 is 5.11 Å². The number of benzene rings is 2. The van der Waals surface area contributed by atoms with Crippen molar-refractivity contribution in [2.75, 3.05) is 0 Å². The van der Waals surface area contributed by atoms with E-state index >= 15 is 0 Å². The van der Waals surface area contributed by atoms with Crippen LogP contribution in [0.25, 0.3) is 0 Å². The largest absolute Gasteiger partial charge is 0.385 e. The summed E-state index contributed by atoms with van der Waals surface area (Å²) >= 11 is 0. The fourth-order valence-electron chi connectivity index (χ4n) is 4.78. The molecule has 1 N–H and O–H groups in total. The maximum Gasteiger partial charge on any atom is 0.0970 e. The summed E-state index contributed by atoms with van der Waals surface area (Å²) in [7, 11) is 0. The molecule has 1 fully saturated rings. The molecule has 0 amide bonds. The Bertz CT molecular complexity index is 675. The van der Waals surface area contributed by atoms with Gasteiger partial charge in [-0.1, -0.05) is 93.3 Å². The zero-order valence-electron chi connectivity index (χ0n) is 16.0. The van der Waals surface area contributed by atoms with Crippen LogP contribution in [0.5, 0.6) is 0 Å². The Labute approximate surface area is 153 Å². The minimum absolute atomic E-state index is 0.173. The minimum atomic E-state index is -0.764. The molecule has 1 saturated carbocycles. The van der Waals surface area contributed by atoms with Gasteiger partial charge in [0.25, 0.3) is 0 Å². The first-order chi connectivity index (χ1) is 12.0. The maximum absolute atomic E-state index is 11.9. The molecule has 0 unspecified atom stereocenters. The van der Waals surface area contributed by atoms with Gasteiger partial charge in [-0.25, -0.2) is 0 Å². The summed E-state index contributed by atoms with van der Waals surface area (Å²) in [5, 5.41) is 11.9. The fourth-order valence-corrected chi connectivity index (χ4v) is 4.78. The van der Waals surface area contributed by atoms with E-state index in [0.717, 1.165) is 24.8 Å². The second kappa shape index (κ2) is 7.33. The smallest absolute Gasteiger partial charge is 0.0970 e. The number of unbranched alkanes of at least 4 members (excludes halogenated alkanes) is 1. The van der Waals surface area contributed by atoms with Crippen LogP contribution in [0.1, 0.15) is 75.0 Å². The van der Waals surface area contributed by atoms with E-state index in [2.05, 4.69) is 69.3 Å². The van der Waals surface area contributed by atoms with Crippen LogP contribution in [-0.2, 0) is 5.60 Å². The number of rotatable bonds is 6. The van der Waals surface area contributed by atoms with Crippen molar-refractivity contribution in [1.29, 1.82) is 0 Å². The highest BCUT2D eigenvalue weighted by Gasteiger charge is 2.53. The van der Waals surface area contributed by atoms with Crippen LogP contribution < -0.4 is 0 Å². The highest BCUT2D eigenvalue weighted by Crippen LogP contribution is 2.60. The van der Waals surface area contributed by atoms with Crippen molar-refractivity contribution in [1.82, 2.24) is 0 Å². The van der Waals surface area contributed by atoms with Gasteiger partial charge in [0.05, 0.1) is 5.60 Å². The second-order valence-corrected chi connectivity index (χ2v) is 8.09. The first-order valence-electron chi connectivity index (χ1n) is 9.87. The van der Waals surface area contributed by atoms with Crippen LogP contribution in [0.3, 0.4) is 0 Å². The molecule has 0 saturated heterocycles. The molecule has 2 aromatic carbocycles. The Morgan fingerprint density at radius 3 is 2.28 bits per heavy atom. The summed E-state index contributed by atoms with van der Waals surface area (Å²) in [6.07, 6.45) is 6.79. The Balaban J connectivity index is 2.03. The lowest BCUT2D eigenvalue weighted by Crippen LogP contribution is -2.30. The topological polar surface area (TPSA) is 20.2 Å². The quantitative estimate of drug-likeness (QED) is 0.652. The average molecular weight is 337 g/mol.